The number of Topliss-reactive ketones (excluding diaryl/α,β-unsaturated/α-hetero) is 1. The van der Waals surface area contributed by atoms with Gasteiger partial charge in [-0.15, -0.1) is 0 Å². The van der Waals surface area contributed by atoms with Gasteiger partial charge in [0.15, 0.2) is 5.78 Å². The van der Waals surface area contributed by atoms with E-state index in [9.17, 15) is 4.79 Å². The molecule has 0 aliphatic rings. The van der Waals surface area contributed by atoms with Gasteiger partial charge in [-0.25, -0.2) is 0 Å². The molecule has 0 fully saturated rings. The Balaban J connectivity index is 2.85. The Kier molecular flexibility index (Phi) is 2.21. The second-order valence-electron chi connectivity index (χ2n) is 1.87. The third-order valence-corrected chi connectivity index (χ3v) is 1.17. The van der Waals surface area contributed by atoms with Crippen LogP contribution in [0.4, 0.5) is 0 Å². The largest absolute Gasteiger partial charge is 0.295 e. The molecule has 0 aliphatic heterocycles. The summed E-state index contributed by atoms with van der Waals surface area (Å²) in [5.74, 6) is -0.0758. The Morgan fingerprint density at radius 1 is 1.70 bits per heavy atom. The topological polar surface area (TPSA) is 30.0 Å². The Hall–Kier alpha value is -1.12. The fourth-order valence-corrected chi connectivity index (χ4v) is 0.646. The second-order valence-corrected chi connectivity index (χ2v) is 1.87. The van der Waals surface area contributed by atoms with Crippen molar-refractivity contribution in [2.75, 3.05) is 0 Å². The zero-order valence-electron chi connectivity index (χ0n) is 5.45. The molecule has 0 saturated heterocycles. The summed E-state index contributed by atoms with van der Waals surface area (Å²) in [6, 6.07) is 3.41. The molecule has 0 aliphatic carbocycles. The van der Waals surface area contributed by atoms with Crippen LogP contribution in [0, 0.1) is 0 Å². The molecule has 3 heteroatoms. The molecule has 0 amide bonds. The van der Waals surface area contributed by atoms with Crippen molar-refractivity contribution in [3.05, 3.63) is 30.1 Å². The molecule has 1 heterocycles. The van der Waals surface area contributed by atoms with E-state index in [0.717, 1.165) is 0 Å². The molecule has 2 nitrogen and oxygen atoms in total. The zero-order chi connectivity index (χ0) is 7.40. The number of nitrogens with zero attached hydrogens (tertiary/aromatic N) is 1. The number of aromatic nitrogens is 1. The van der Waals surface area contributed by atoms with E-state index < -0.39 is 0 Å². The molecular weight excluding hydrogens is 125 g/mol. The van der Waals surface area contributed by atoms with Crippen LogP contribution >= 0.6 is 0 Å². The van der Waals surface area contributed by atoms with E-state index in [1.54, 1.807) is 18.3 Å². The van der Waals surface area contributed by atoms with Gasteiger partial charge in [0, 0.05) is 18.0 Å². The highest BCUT2D eigenvalue weighted by molar-refractivity contribution is 6.23. The lowest BCUT2D eigenvalue weighted by Crippen LogP contribution is -1.96. The first kappa shape index (κ1) is 7.00. The van der Waals surface area contributed by atoms with E-state index in [-0.39, 0.29) is 12.1 Å². The molecule has 1 rings (SSSR count). The standard InChI is InChI=1S/C7H6BNO/c8-4-7(10)6-2-1-3-9-5-6/h1-3,5H,4H2. The van der Waals surface area contributed by atoms with E-state index >= 15 is 0 Å². The maximum Gasteiger partial charge on any atom is 0.155 e. The lowest BCUT2D eigenvalue weighted by Gasteiger charge is -1.93. The third-order valence-electron chi connectivity index (χ3n) is 1.17. The fraction of sp³-hybridized carbons (Fsp3) is 0.143. The van der Waals surface area contributed by atoms with Crippen molar-refractivity contribution in [2.24, 2.45) is 0 Å². The number of ketones is 1. The summed E-state index contributed by atoms with van der Waals surface area (Å²) in [5, 5.41) is 0. The smallest absolute Gasteiger partial charge is 0.155 e. The predicted octanol–water partition coefficient (Wildman–Crippen LogP) is 0.851. The van der Waals surface area contributed by atoms with Crippen LogP contribution in [0.3, 0.4) is 0 Å². The number of pyridine rings is 1. The van der Waals surface area contributed by atoms with Gasteiger partial charge < -0.3 is 0 Å². The minimum atomic E-state index is -0.0758. The molecule has 0 saturated carbocycles. The van der Waals surface area contributed by atoms with Crippen molar-refractivity contribution >= 4 is 13.6 Å². The van der Waals surface area contributed by atoms with Crippen LogP contribution in [-0.2, 0) is 0 Å². The van der Waals surface area contributed by atoms with Crippen LogP contribution in [0.5, 0.6) is 0 Å². The normalized spacial score (nSPS) is 9.20. The maximum absolute atomic E-state index is 10.8. The third kappa shape index (κ3) is 1.44. The molecule has 1 aromatic rings. The van der Waals surface area contributed by atoms with E-state index in [2.05, 4.69) is 4.98 Å². The average molecular weight is 131 g/mol. The van der Waals surface area contributed by atoms with Crippen LogP contribution in [0.1, 0.15) is 10.4 Å². The molecule has 2 radical (unpaired) electrons. The summed E-state index contributed by atoms with van der Waals surface area (Å²) in [5.41, 5.74) is 0.574. The Labute approximate surface area is 60.7 Å². The SMILES string of the molecule is [B]CC(=O)c1cccnc1. The highest BCUT2D eigenvalue weighted by Gasteiger charge is 1.99. The summed E-state index contributed by atoms with van der Waals surface area (Å²) in [4.78, 5) is 14.6. The van der Waals surface area contributed by atoms with Gasteiger partial charge in [-0.05, 0) is 18.5 Å². The molecule has 0 N–H and O–H groups in total. The molecule has 48 valence electrons. The van der Waals surface area contributed by atoms with Crippen molar-refractivity contribution in [1.29, 1.82) is 0 Å². The van der Waals surface area contributed by atoms with Crippen molar-refractivity contribution in [2.45, 2.75) is 6.32 Å². The molecule has 0 bridgehead atoms. The fourth-order valence-electron chi connectivity index (χ4n) is 0.646. The van der Waals surface area contributed by atoms with Crippen LogP contribution in [0.2, 0.25) is 6.32 Å². The number of hydrogen-bond acceptors (Lipinski definition) is 2. The number of hydrogen-bond donors (Lipinski definition) is 0. The van der Waals surface area contributed by atoms with Crippen LogP contribution in [0.15, 0.2) is 24.5 Å². The monoisotopic (exact) mass is 131 g/mol. The number of carbonyl (C=O) groups is 1. The molecular formula is C7H6BNO. The van der Waals surface area contributed by atoms with Gasteiger partial charge in [0.05, 0.1) is 7.85 Å². The lowest BCUT2D eigenvalue weighted by molar-refractivity contribution is 0.101. The zero-order valence-corrected chi connectivity index (χ0v) is 5.45. The Bertz CT molecular complexity index is 222. The first-order valence-electron chi connectivity index (χ1n) is 2.98. The van der Waals surface area contributed by atoms with Gasteiger partial charge >= 0.3 is 0 Å². The summed E-state index contributed by atoms with van der Waals surface area (Å²) in [6.07, 6.45) is 3.17. The van der Waals surface area contributed by atoms with E-state index in [1.165, 1.54) is 6.20 Å². The molecule has 0 unspecified atom stereocenters. The van der Waals surface area contributed by atoms with Crippen molar-refractivity contribution in [3.63, 3.8) is 0 Å². The summed E-state index contributed by atoms with van der Waals surface area (Å²) >= 11 is 0. The second kappa shape index (κ2) is 3.15. The minimum Gasteiger partial charge on any atom is -0.295 e. The van der Waals surface area contributed by atoms with E-state index in [1.807, 2.05) is 0 Å². The van der Waals surface area contributed by atoms with E-state index in [4.69, 9.17) is 7.85 Å². The average Bonchev–Trinajstić information content (AvgIpc) is 2.05. The van der Waals surface area contributed by atoms with Gasteiger partial charge in [0.25, 0.3) is 0 Å². The first-order chi connectivity index (χ1) is 4.84. The highest BCUT2D eigenvalue weighted by Crippen LogP contribution is 1.98. The van der Waals surface area contributed by atoms with Crippen LogP contribution < -0.4 is 0 Å². The number of rotatable bonds is 2. The maximum atomic E-state index is 10.8. The molecule has 0 atom stereocenters. The summed E-state index contributed by atoms with van der Waals surface area (Å²) in [7, 11) is 5.13. The van der Waals surface area contributed by atoms with Gasteiger partial charge in [0.1, 0.15) is 0 Å². The van der Waals surface area contributed by atoms with Crippen molar-refractivity contribution < 1.29 is 4.79 Å². The quantitative estimate of drug-likeness (QED) is 0.439. The van der Waals surface area contributed by atoms with E-state index in [0.29, 0.717) is 5.56 Å². The van der Waals surface area contributed by atoms with Gasteiger partial charge in [-0.3, -0.25) is 9.78 Å². The Morgan fingerprint density at radius 2 is 2.50 bits per heavy atom. The molecule has 0 spiro atoms. The van der Waals surface area contributed by atoms with Gasteiger partial charge in [-0.1, -0.05) is 0 Å². The molecule has 0 aromatic carbocycles. The highest BCUT2D eigenvalue weighted by atomic mass is 16.1. The number of carbonyl (C=O) groups excluding carboxylic acids is 1. The minimum absolute atomic E-state index is 0.0473. The summed E-state index contributed by atoms with van der Waals surface area (Å²) in [6.45, 7) is 0. The van der Waals surface area contributed by atoms with Crippen LogP contribution in [0.25, 0.3) is 0 Å². The molecule has 1 aromatic heterocycles. The van der Waals surface area contributed by atoms with Gasteiger partial charge in [0.2, 0.25) is 0 Å². The van der Waals surface area contributed by atoms with Gasteiger partial charge in [-0.2, -0.15) is 0 Å². The van der Waals surface area contributed by atoms with Crippen molar-refractivity contribution in [3.8, 4) is 0 Å². The Morgan fingerprint density at radius 3 is 3.00 bits per heavy atom. The predicted molar refractivity (Wildman–Crippen MR) is 39.1 cm³/mol. The van der Waals surface area contributed by atoms with Crippen LogP contribution in [-0.4, -0.2) is 18.6 Å². The lowest BCUT2D eigenvalue weighted by atomic mass is 9.97. The first-order valence-corrected chi connectivity index (χ1v) is 2.98. The molecule has 10 heavy (non-hydrogen) atoms. The summed E-state index contributed by atoms with van der Waals surface area (Å²) < 4.78 is 0. The van der Waals surface area contributed by atoms with Crippen molar-refractivity contribution in [1.82, 2.24) is 4.98 Å².